The molecule has 0 spiro atoms. The molecule has 0 aliphatic carbocycles. The lowest BCUT2D eigenvalue weighted by Crippen LogP contribution is -2.37. The van der Waals surface area contributed by atoms with Crippen molar-refractivity contribution in [3.8, 4) is 0 Å². The van der Waals surface area contributed by atoms with Gasteiger partial charge in [0.05, 0.1) is 24.6 Å². The number of carbonyl (C=O) groups is 1. The van der Waals surface area contributed by atoms with Gasteiger partial charge in [-0.1, -0.05) is 43.0 Å². The summed E-state index contributed by atoms with van der Waals surface area (Å²) in [5.41, 5.74) is 10.7. The highest BCUT2D eigenvalue weighted by atomic mass is 16.5. The van der Waals surface area contributed by atoms with Crippen LogP contribution in [0.15, 0.2) is 55.1 Å². The number of nitrogens with two attached hydrogens (primary N) is 1. The average molecular weight is 380 g/mol. The number of nitrogens with zero attached hydrogens (tertiary/aromatic N) is 1. The minimum Gasteiger partial charge on any atom is -0.397 e. The molecule has 0 saturated carbocycles. The van der Waals surface area contributed by atoms with Gasteiger partial charge in [-0.2, -0.15) is 0 Å². The number of ether oxygens (including phenoxy) is 1. The Morgan fingerprint density at radius 3 is 2.54 bits per heavy atom. The summed E-state index contributed by atoms with van der Waals surface area (Å²) in [7, 11) is 0. The Morgan fingerprint density at radius 1 is 1.11 bits per heavy atom. The van der Waals surface area contributed by atoms with Crippen LogP contribution in [-0.4, -0.2) is 43.7 Å². The van der Waals surface area contributed by atoms with Crippen molar-refractivity contribution in [2.75, 3.05) is 43.9 Å². The molecule has 5 nitrogen and oxygen atoms in total. The van der Waals surface area contributed by atoms with Gasteiger partial charge in [-0.05, 0) is 41.7 Å². The molecule has 1 fully saturated rings. The van der Waals surface area contributed by atoms with Gasteiger partial charge < -0.3 is 15.8 Å². The van der Waals surface area contributed by atoms with E-state index in [9.17, 15) is 4.79 Å². The summed E-state index contributed by atoms with van der Waals surface area (Å²) >= 11 is 0. The molecule has 0 aromatic heterocycles. The quantitative estimate of drug-likeness (QED) is 0.688. The lowest BCUT2D eigenvalue weighted by atomic mass is 10.0. The van der Waals surface area contributed by atoms with Crippen LogP contribution in [0.2, 0.25) is 0 Å². The van der Waals surface area contributed by atoms with Crippen LogP contribution in [0.3, 0.4) is 0 Å². The number of aryl methyl sites for hydroxylation is 1. The molecule has 2 aromatic rings. The molecule has 2 aromatic carbocycles. The van der Waals surface area contributed by atoms with Gasteiger partial charge in [0.2, 0.25) is 5.91 Å². The fourth-order valence-corrected chi connectivity index (χ4v) is 3.30. The molecule has 1 aliphatic heterocycles. The van der Waals surface area contributed by atoms with E-state index in [0.29, 0.717) is 17.8 Å². The molecule has 148 valence electrons. The molecule has 1 aliphatic rings. The molecule has 0 radical (unpaired) electrons. The lowest BCUT2D eigenvalue weighted by Gasteiger charge is -2.27. The zero-order valence-corrected chi connectivity index (χ0v) is 16.3. The van der Waals surface area contributed by atoms with E-state index in [-0.39, 0.29) is 5.91 Å². The number of morpholine rings is 1. The van der Waals surface area contributed by atoms with E-state index < -0.39 is 0 Å². The predicted molar refractivity (Wildman–Crippen MR) is 115 cm³/mol. The molecular weight excluding hydrogens is 350 g/mol. The summed E-state index contributed by atoms with van der Waals surface area (Å²) in [5.74, 6) is -0.00610. The summed E-state index contributed by atoms with van der Waals surface area (Å²) in [6, 6.07) is 15.8. The van der Waals surface area contributed by atoms with Crippen molar-refractivity contribution in [2.24, 2.45) is 0 Å². The van der Waals surface area contributed by atoms with Gasteiger partial charge in [0.25, 0.3) is 0 Å². The summed E-state index contributed by atoms with van der Waals surface area (Å²) in [4.78, 5) is 14.5. The van der Waals surface area contributed by atoms with Crippen molar-refractivity contribution in [1.29, 1.82) is 0 Å². The zero-order chi connectivity index (χ0) is 19.8. The van der Waals surface area contributed by atoms with Crippen LogP contribution in [0.4, 0.5) is 11.4 Å². The van der Waals surface area contributed by atoms with E-state index in [4.69, 9.17) is 10.5 Å². The number of para-hydroxylation sites is 2. The Labute approximate surface area is 167 Å². The number of amides is 1. The summed E-state index contributed by atoms with van der Waals surface area (Å²) in [6.07, 6.45) is 2.14. The second-order valence-electron chi connectivity index (χ2n) is 7.18. The third-order valence-corrected chi connectivity index (χ3v) is 4.98. The van der Waals surface area contributed by atoms with Crippen LogP contribution in [0.25, 0.3) is 5.57 Å². The largest absolute Gasteiger partial charge is 0.397 e. The maximum absolute atomic E-state index is 12.1. The van der Waals surface area contributed by atoms with Crippen molar-refractivity contribution < 1.29 is 9.53 Å². The highest BCUT2D eigenvalue weighted by Crippen LogP contribution is 2.18. The van der Waals surface area contributed by atoms with Crippen LogP contribution in [0, 0.1) is 0 Å². The van der Waals surface area contributed by atoms with Crippen LogP contribution in [0.5, 0.6) is 0 Å². The van der Waals surface area contributed by atoms with Gasteiger partial charge in [0.15, 0.2) is 0 Å². The summed E-state index contributed by atoms with van der Waals surface area (Å²) in [6.45, 7) is 8.65. The van der Waals surface area contributed by atoms with Crippen molar-refractivity contribution in [3.05, 3.63) is 66.2 Å². The van der Waals surface area contributed by atoms with Crippen LogP contribution >= 0.6 is 0 Å². The first-order valence-corrected chi connectivity index (χ1v) is 9.83. The molecule has 0 bridgehead atoms. The molecule has 0 atom stereocenters. The molecule has 3 N–H and O–H groups in total. The molecule has 28 heavy (non-hydrogen) atoms. The van der Waals surface area contributed by atoms with E-state index in [1.54, 1.807) is 6.07 Å². The SMILES string of the molecule is C=C(CN1CCOCC1)c1ccc(CCCC(=O)Nc2ccccc2N)cc1. The first-order chi connectivity index (χ1) is 13.6. The van der Waals surface area contributed by atoms with Gasteiger partial charge in [-0.25, -0.2) is 0 Å². The average Bonchev–Trinajstić information content (AvgIpc) is 2.71. The maximum Gasteiger partial charge on any atom is 0.224 e. The van der Waals surface area contributed by atoms with E-state index in [1.807, 2.05) is 18.2 Å². The molecular formula is C23H29N3O2. The van der Waals surface area contributed by atoms with Crippen LogP contribution < -0.4 is 11.1 Å². The van der Waals surface area contributed by atoms with Crippen LogP contribution in [0.1, 0.15) is 24.0 Å². The smallest absolute Gasteiger partial charge is 0.224 e. The van der Waals surface area contributed by atoms with Gasteiger partial charge in [0, 0.05) is 26.1 Å². The number of rotatable bonds is 8. The number of hydrogen-bond donors (Lipinski definition) is 2. The third-order valence-electron chi connectivity index (χ3n) is 4.98. The standard InChI is InChI=1S/C23H29N3O2/c1-18(17-26-13-15-28-16-14-26)20-11-9-19(10-12-20)5-4-8-23(27)25-22-7-3-2-6-21(22)24/h2-3,6-7,9-12H,1,4-5,8,13-17,24H2,(H,25,27). The van der Waals surface area contributed by atoms with Crippen molar-refractivity contribution in [3.63, 3.8) is 0 Å². The van der Waals surface area contributed by atoms with Crippen molar-refractivity contribution in [2.45, 2.75) is 19.3 Å². The fraction of sp³-hybridized carbons (Fsp3) is 0.348. The monoisotopic (exact) mass is 379 g/mol. The number of nitrogens with one attached hydrogen (secondary N) is 1. The van der Waals surface area contributed by atoms with E-state index in [2.05, 4.69) is 41.1 Å². The number of anilines is 2. The normalized spacial score (nSPS) is 14.6. The third kappa shape index (κ3) is 5.94. The van der Waals surface area contributed by atoms with Crippen molar-refractivity contribution in [1.82, 2.24) is 4.90 Å². The number of hydrogen-bond acceptors (Lipinski definition) is 4. The highest BCUT2D eigenvalue weighted by molar-refractivity contribution is 5.93. The Bertz CT molecular complexity index is 796. The van der Waals surface area contributed by atoms with Crippen LogP contribution in [-0.2, 0) is 16.0 Å². The second-order valence-corrected chi connectivity index (χ2v) is 7.18. The van der Waals surface area contributed by atoms with Gasteiger partial charge in [-0.15, -0.1) is 0 Å². The van der Waals surface area contributed by atoms with Gasteiger partial charge in [-0.3, -0.25) is 9.69 Å². The van der Waals surface area contributed by atoms with E-state index in [0.717, 1.165) is 51.3 Å². The minimum absolute atomic E-state index is 0.00610. The fourth-order valence-electron chi connectivity index (χ4n) is 3.30. The first kappa shape index (κ1) is 20.1. The molecule has 1 amide bonds. The molecule has 1 saturated heterocycles. The highest BCUT2D eigenvalue weighted by Gasteiger charge is 2.12. The number of benzene rings is 2. The minimum atomic E-state index is -0.00610. The van der Waals surface area contributed by atoms with Crippen molar-refractivity contribution >= 4 is 22.9 Å². The first-order valence-electron chi connectivity index (χ1n) is 9.83. The Hall–Kier alpha value is -2.63. The molecule has 1 heterocycles. The molecule has 3 rings (SSSR count). The molecule has 5 heteroatoms. The Kier molecular flexibility index (Phi) is 7.23. The van der Waals surface area contributed by atoms with Gasteiger partial charge >= 0.3 is 0 Å². The molecule has 0 unspecified atom stereocenters. The summed E-state index contributed by atoms with van der Waals surface area (Å²) < 4.78 is 5.39. The number of carbonyl (C=O) groups excluding carboxylic acids is 1. The summed E-state index contributed by atoms with van der Waals surface area (Å²) in [5, 5.41) is 2.87. The number of nitrogen functional groups attached to an aromatic ring is 1. The Balaban J connectivity index is 1.42. The van der Waals surface area contributed by atoms with Gasteiger partial charge in [0.1, 0.15) is 0 Å². The van der Waals surface area contributed by atoms with E-state index >= 15 is 0 Å². The van der Waals surface area contributed by atoms with E-state index in [1.165, 1.54) is 11.1 Å². The maximum atomic E-state index is 12.1. The topological polar surface area (TPSA) is 67.6 Å². The lowest BCUT2D eigenvalue weighted by molar-refractivity contribution is -0.116. The Morgan fingerprint density at radius 2 is 1.82 bits per heavy atom. The second kappa shape index (κ2) is 10.1. The predicted octanol–water partition coefficient (Wildman–Crippen LogP) is 3.58. The zero-order valence-electron chi connectivity index (χ0n) is 16.3.